The topological polar surface area (TPSA) is 54.6 Å². The molecule has 1 aromatic carbocycles. The molecule has 5 nitrogen and oxygen atoms in total. The summed E-state index contributed by atoms with van der Waals surface area (Å²) in [5, 5.41) is 0. The number of ether oxygens (including phenoxy) is 2. The SMILES string of the molecule is COc1ccccc1COC1CCN(C(=O)c2cc[nH]c2C)CC1. The molecule has 1 N–H and O–H groups in total. The smallest absolute Gasteiger partial charge is 0.255 e. The summed E-state index contributed by atoms with van der Waals surface area (Å²) in [5.74, 6) is 0.963. The average Bonchev–Trinajstić information content (AvgIpc) is 3.06. The number of nitrogens with one attached hydrogen (secondary N) is 1. The highest BCUT2D eigenvalue weighted by atomic mass is 16.5. The van der Waals surface area contributed by atoms with Gasteiger partial charge in [-0.1, -0.05) is 18.2 Å². The van der Waals surface area contributed by atoms with E-state index in [2.05, 4.69) is 4.98 Å². The van der Waals surface area contributed by atoms with Crippen LogP contribution in [0.5, 0.6) is 5.75 Å². The second-order valence-corrected chi connectivity index (χ2v) is 6.13. The van der Waals surface area contributed by atoms with E-state index in [1.165, 1.54) is 0 Å². The number of benzene rings is 1. The summed E-state index contributed by atoms with van der Waals surface area (Å²) >= 11 is 0. The summed E-state index contributed by atoms with van der Waals surface area (Å²) in [6, 6.07) is 9.75. The van der Waals surface area contributed by atoms with Crippen molar-refractivity contribution in [2.75, 3.05) is 20.2 Å². The monoisotopic (exact) mass is 328 g/mol. The van der Waals surface area contributed by atoms with E-state index < -0.39 is 0 Å². The van der Waals surface area contributed by atoms with Crippen LogP contribution >= 0.6 is 0 Å². The van der Waals surface area contributed by atoms with Gasteiger partial charge in [-0.2, -0.15) is 0 Å². The van der Waals surface area contributed by atoms with Gasteiger partial charge in [0.2, 0.25) is 0 Å². The third-order valence-corrected chi connectivity index (χ3v) is 4.58. The zero-order valence-electron chi connectivity index (χ0n) is 14.2. The lowest BCUT2D eigenvalue weighted by molar-refractivity contribution is -0.000969. The molecule has 2 heterocycles. The molecule has 0 saturated carbocycles. The minimum atomic E-state index is 0.108. The summed E-state index contributed by atoms with van der Waals surface area (Å²) in [7, 11) is 1.67. The van der Waals surface area contributed by atoms with E-state index in [9.17, 15) is 4.79 Å². The van der Waals surface area contributed by atoms with Gasteiger partial charge in [-0.3, -0.25) is 4.79 Å². The Morgan fingerprint density at radius 1 is 1.25 bits per heavy atom. The molecule has 2 aromatic rings. The number of aromatic amines is 1. The number of carbonyl (C=O) groups excluding carboxylic acids is 1. The van der Waals surface area contributed by atoms with E-state index in [0.717, 1.165) is 48.5 Å². The fourth-order valence-electron chi connectivity index (χ4n) is 3.11. The number of methoxy groups -OCH3 is 1. The summed E-state index contributed by atoms with van der Waals surface area (Å²) in [4.78, 5) is 17.5. The van der Waals surface area contributed by atoms with Crippen molar-refractivity contribution < 1.29 is 14.3 Å². The van der Waals surface area contributed by atoms with Gasteiger partial charge in [0, 0.05) is 30.5 Å². The molecule has 1 fully saturated rings. The maximum Gasteiger partial charge on any atom is 0.255 e. The van der Waals surface area contributed by atoms with Crippen LogP contribution in [0.2, 0.25) is 0 Å². The van der Waals surface area contributed by atoms with E-state index in [-0.39, 0.29) is 12.0 Å². The van der Waals surface area contributed by atoms with Crippen molar-refractivity contribution in [2.24, 2.45) is 0 Å². The molecule has 128 valence electrons. The molecule has 3 rings (SSSR count). The number of likely N-dealkylation sites (tertiary alicyclic amines) is 1. The largest absolute Gasteiger partial charge is 0.496 e. The summed E-state index contributed by atoms with van der Waals surface area (Å²) < 4.78 is 11.4. The van der Waals surface area contributed by atoms with Crippen molar-refractivity contribution in [3.05, 3.63) is 53.3 Å². The highest BCUT2D eigenvalue weighted by Gasteiger charge is 2.25. The number of para-hydroxylation sites is 1. The average molecular weight is 328 g/mol. The van der Waals surface area contributed by atoms with Gasteiger partial charge in [-0.15, -0.1) is 0 Å². The zero-order chi connectivity index (χ0) is 16.9. The molecule has 0 bridgehead atoms. The Hall–Kier alpha value is -2.27. The molecular weight excluding hydrogens is 304 g/mol. The van der Waals surface area contributed by atoms with Gasteiger partial charge in [0.1, 0.15) is 5.75 Å². The molecule has 0 spiro atoms. The van der Waals surface area contributed by atoms with Gasteiger partial charge in [0.05, 0.1) is 25.4 Å². The van der Waals surface area contributed by atoms with Crippen molar-refractivity contribution in [1.82, 2.24) is 9.88 Å². The molecule has 1 saturated heterocycles. The number of piperidine rings is 1. The first-order valence-corrected chi connectivity index (χ1v) is 8.36. The number of carbonyl (C=O) groups is 1. The van der Waals surface area contributed by atoms with Crippen LogP contribution in [-0.2, 0) is 11.3 Å². The minimum absolute atomic E-state index is 0.108. The van der Waals surface area contributed by atoms with Gasteiger partial charge in [0.15, 0.2) is 0 Å². The molecule has 1 aromatic heterocycles. The first kappa shape index (κ1) is 16.6. The van der Waals surface area contributed by atoms with E-state index in [1.54, 1.807) is 7.11 Å². The van der Waals surface area contributed by atoms with Crippen LogP contribution in [0.25, 0.3) is 0 Å². The minimum Gasteiger partial charge on any atom is -0.496 e. The first-order valence-electron chi connectivity index (χ1n) is 8.36. The molecular formula is C19H24N2O3. The van der Waals surface area contributed by atoms with Crippen LogP contribution in [0, 0.1) is 6.92 Å². The van der Waals surface area contributed by atoms with Crippen LogP contribution in [-0.4, -0.2) is 42.1 Å². The van der Waals surface area contributed by atoms with Gasteiger partial charge < -0.3 is 19.4 Å². The standard InChI is InChI=1S/C19H24N2O3/c1-14-17(7-10-20-14)19(22)21-11-8-16(9-12-21)24-13-15-5-3-4-6-18(15)23-2/h3-7,10,16,20H,8-9,11-13H2,1-2H3. The number of aryl methyl sites for hydroxylation is 1. The van der Waals surface area contributed by atoms with Gasteiger partial charge in [-0.25, -0.2) is 0 Å². The molecule has 0 radical (unpaired) electrons. The molecule has 1 amide bonds. The van der Waals surface area contributed by atoms with Gasteiger partial charge in [-0.05, 0) is 31.9 Å². The Labute approximate surface area is 142 Å². The Morgan fingerprint density at radius 3 is 2.67 bits per heavy atom. The first-order chi connectivity index (χ1) is 11.7. The van der Waals surface area contributed by atoms with Crippen molar-refractivity contribution in [1.29, 1.82) is 0 Å². The summed E-state index contributed by atoms with van der Waals surface area (Å²) in [6.45, 7) is 3.94. The van der Waals surface area contributed by atoms with E-state index in [0.29, 0.717) is 6.61 Å². The quantitative estimate of drug-likeness (QED) is 0.917. The van der Waals surface area contributed by atoms with Gasteiger partial charge in [0.25, 0.3) is 5.91 Å². The predicted octanol–water partition coefficient (Wildman–Crippen LogP) is 3.15. The number of aromatic nitrogens is 1. The van der Waals surface area contributed by atoms with Crippen LogP contribution < -0.4 is 4.74 Å². The Kier molecular flexibility index (Phi) is 5.20. The summed E-state index contributed by atoms with van der Waals surface area (Å²) in [6.07, 6.45) is 3.73. The summed E-state index contributed by atoms with van der Waals surface area (Å²) in [5.41, 5.74) is 2.75. The number of H-pyrrole nitrogens is 1. The molecule has 0 unspecified atom stereocenters. The van der Waals surface area contributed by atoms with Crippen LogP contribution in [0.4, 0.5) is 0 Å². The highest BCUT2D eigenvalue weighted by molar-refractivity contribution is 5.95. The number of hydrogen-bond acceptors (Lipinski definition) is 3. The normalized spacial score (nSPS) is 15.5. The molecule has 0 atom stereocenters. The Morgan fingerprint density at radius 2 is 2.00 bits per heavy atom. The second kappa shape index (κ2) is 7.53. The van der Waals surface area contributed by atoms with Crippen molar-refractivity contribution in [3.63, 3.8) is 0 Å². The van der Waals surface area contributed by atoms with Gasteiger partial charge >= 0.3 is 0 Å². The van der Waals surface area contributed by atoms with E-state index >= 15 is 0 Å². The number of nitrogens with zero attached hydrogens (tertiary/aromatic N) is 1. The maximum atomic E-state index is 12.5. The lowest BCUT2D eigenvalue weighted by Gasteiger charge is -2.32. The fraction of sp³-hybridized carbons (Fsp3) is 0.421. The lowest BCUT2D eigenvalue weighted by atomic mass is 10.1. The lowest BCUT2D eigenvalue weighted by Crippen LogP contribution is -2.41. The van der Waals surface area contributed by atoms with E-state index in [1.807, 2.05) is 48.4 Å². The Balaban J connectivity index is 1.50. The molecule has 0 aliphatic carbocycles. The maximum absolute atomic E-state index is 12.5. The second-order valence-electron chi connectivity index (χ2n) is 6.13. The van der Waals surface area contributed by atoms with Crippen LogP contribution in [0.3, 0.4) is 0 Å². The zero-order valence-corrected chi connectivity index (χ0v) is 14.2. The molecule has 1 aliphatic heterocycles. The molecule has 1 aliphatic rings. The fourth-order valence-corrected chi connectivity index (χ4v) is 3.11. The third-order valence-electron chi connectivity index (χ3n) is 4.58. The Bertz CT molecular complexity index is 687. The third kappa shape index (κ3) is 3.62. The van der Waals surface area contributed by atoms with Crippen LogP contribution in [0.15, 0.2) is 36.5 Å². The van der Waals surface area contributed by atoms with E-state index in [4.69, 9.17) is 9.47 Å². The number of hydrogen-bond donors (Lipinski definition) is 1. The molecule has 24 heavy (non-hydrogen) atoms. The van der Waals surface area contributed by atoms with Crippen LogP contribution in [0.1, 0.15) is 34.5 Å². The number of amides is 1. The number of rotatable bonds is 5. The molecule has 5 heteroatoms. The van der Waals surface area contributed by atoms with Crippen molar-refractivity contribution >= 4 is 5.91 Å². The van der Waals surface area contributed by atoms with Crippen molar-refractivity contribution in [3.8, 4) is 5.75 Å². The van der Waals surface area contributed by atoms with Crippen molar-refractivity contribution in [2.45, 2.75) is 32.5 Å². The predicted molar refractivity (Wildman–Crippen MR) is 92.2 cm³/mol. The highest BCUT2D eigenvalue weighted by Crippen LogP contribution is 2.22.